The van der Waals surface area contributed by atoms with Crippen molar-refractivity contribution in [3.05, 3.63) is 49.0 Å². The summed E-state index contributed by atoms with van der Waals surface area (Å²) < 4.78 is 25.9. The number of rotatable bonds is 0. The Bertz CT molecular complexity index is 1640. The zero-order valence-electron chi connectivity index (χ0n) is 17.5. The molecule has 0 aromatic heterocycles. The number of hydrogen-bond donors (Lipinski definition) is 0. The maximum absolute atomic E-state index is 12.7. The smallest absolute Gasteiger partial charge is 0.338 e. The summed E-state index contributed by atoms with van der Waals surface area (Å²) in [7, 11) is -4.45. The van der Waals surface area contributed by atoms with Gasteiger partial charge in [0.05, 0.1) is 25.7 Å². The van der Waals surface area contributed by atoms with Crippen molar-refractivity contribution in [3.63, 3.8) is 0 Å². The van der Waals surface area contributed by atoms with Crippen LogP contribution >= 0.6 is 139 Å². The lowest BCUT2D eigenvalue weighted by Crippen LogP contribution is -2.53. The number of benzene rings is 1. The minimum atomic E-state index is -4.45. The molecule has 0 spiro atoms. The molecule has 5 aliphatic carbocycles. The number of halogens is 12. The molecular weight excluding hydrogens is 774 g/mol. The summed E-state index contributed by atoms with van der Waals surface area (Å²) in [6, 6.07) is 2.55. The summed E-state index contributed by atoms with van der Waals surface area (Å²) in [5.74, 6) is -5.15. The zero-order valence-corrected chi connectivity index (χ0v) is 27.4. The lowest BCUT2D eigenvalue weighted by Gasteiger charge is -2.52. The number of fused-ring (bicyclic) bond motifs is 15. The molecule has 1 aromatic carbocycles. The van der Waals surface area contributed by atoms with Crippen molar-refractivity contribution in [3.8, 4) is 0 Å². The molecule has 8 atom stereocenters. The Labute approximate surface area is 275 Å². The van der Waals surface area contributed by atoms with E-state index >= 15 is 0 Å². The highest BCUT2D eigenvalue weighted by molar-refractivity contribution is 7.87. The monoisotopic (exact) mass is 774 g/mol. The van der Waals surface area contributed by atoms with Crippen molar-refractivity contribution in [2.75, 3.05) is 0 Å². The van der Waals surface area contributed by atoms with Gasteiger partial charge in [0.1, 0.15) is 24.4 Å². The van der Waals surface area contributed by atoms with Crippen molar-refractivity contribution < 1.29 is 17.4 Å². The molecule has 0 radical (unpaired) electrons. The first-order valence-electron chi connectivity index (χ1n) is 10.5. The quantitative estimate of drug-likeness (QED) is 0.196. The number of hydrogen-bond acceptors (Lipinski definition) is 4. The number of allylic oxidation sites excluding steroid dienone is 4. The van der Waals surface area contributed by atoms with Crippen LogP contribution in [-0.2, 0) is 14.3 Å². The first-order valence-corrected chi connectivity index (χ1v) is 16.5. The zero-order chi connectivity index (χ0) is 28.1. The molecule has 204 valence electrons. The van der Waals surface area contributed by atoms with Crippen LogP contribution in [0.25, 0.3) is 0 Å². The lowest BCUT2D eigenvalue weighted by atomic mass is 9.57. The van der Waals surface area contributed by atoms with Gasteiger partial charge in [-0.15, -0.1) is 46.4 Å². The largest absolute Gasteiger partial charge is 0.355 e. The maximum Gasteiger partial charge on any atom is 0.355 e. The highest BCUT2D eigenvalue weighted by atomic mass is 35.5. The van der Waals surface area contributed by atoms with Crippen LogP contribution in [-0.4, -0.2) is 42.6 Å². The van der Waals surface area contributed by atoms with Gasteiger partial charge in [0.25, 0.3) is 0 Å². The van der Waals surface area contributed by atoms with Crippen molar-refractivity contribution in [2.45, 2.75) is 44.9 Å². The summed E-state index contributed by atoms with van der Waals surface area (Å²) in [4.78, 5) is 4.64. The Hall–Kier alpha value is 1.60. The van der Waals surface area contributed by atoms with Crippen LogP contribution in [0.2, 0.25) is 0 Å². The maximum atomic E-state index is 12.7. The summed E-state index contributed by atoms with van der Waals surface area (Å²) in [6.45, 7) is 0. The van der Waals surface area contributed by atoms with E-state index in [0.717, 1.165) is 0 Å². The fourth-order valence-electron chi connectivity index (χ4n) is 7.48. The number of carbonyl (C=O) groups excluding carboxylic acids is 1. The topological polar surface area (TPSA) is 60.4 Å². The van der Waals surface area contributed by atoms with Gasteiger partial charge in [-0.25, -0.2) is 4.79 Å². The van der Waals surface area contributed by atoms with Gasteiger partial charge in [-0.1, -0.05) is 92.8 Å². The normalized spacial score (nSPS) is 47.7. The molecule has 6 aliphatic rings. The van der Waals surface area contributed by atoms with E-state index in [2.05, 4.69) is 4.18 Å². The van der Waals surface area contributed by atoms with Crippen molar-refractivity contribution in [2.24, 2.45) is 11.8 Å². The summed E-state index contributed by atoms with van der Waals surface area (Å²) in [6.07, 6.45) is 0. The predicted octanol–water partition coefficient (Wildman–Crippen LogP) is 8.65. The van der Waals surface area contributed by atoms with E-state index in [4.69, 9.17) is 139 Å². The second-order valence-corrected chi connectivity index (χ2v) is 18.1. The minimum Gasteiger partial charge on any atom is -0.338 e. The number of alkyl halides is 8. The summed E-state index contributed by atoms with van der Waals surface area (Å²) >= 11 is 83.3. The van der Waals surface area contributed by atoms with E-state index in [1.165, 1.54) is 12.1 Å². The molecule has 0 saturated heterocycles. The van der Waals surface area contributed by atoms with Crippen LogP contribution in [0.5, 0.6) is 0 Å². The van der Waals surface area contributed by atoms with Gasteiger partial charge in [-0.05, 0) is 23.3 Å². The van der Waals surface area contributed by atoms with E-state index < -0.39 is 72.8 Å². The van der Waals surface area contributed by atoms with Crippen molar-refractivity contribution in [1.29, 1.82) is 0 Å². The molecule has 1 aliphatic heterocycles. The molecule has 0 N–H and O–H groups in total. The van der Waals surface area contributed by atoms with E-state index in [1.807, 2.05) is 0 Å². The molecule has 1 aromatic rings. The molecule has 17 heteroatoms. The third-order valence-corrected chi connectivity index (χ3v) is 18.7. The third kappa shape index (κ3) is 2.41. The molecule has 38 heavy (non-hydrogen) atoms. The van der Waals surface area contributed by atoms with E-state index in [1.54, 1.807) is 0 Å². The molecule has 2 fully saturated rings. The Morgan fingerprint density at radius 1 is 0.632 bits per heavy atom. The van der Waals surface area contributed by atoms with E-state index in [-0.39, 0.29) is 31.3 Å². The fraction of sp³-hybridized carbons (Fsp3) is 0.476. The summed E-state index contributed by atoms with van der Waals surface area (Å²) in [5.41, 5.74) is 0.302. The van der Waals surface area contributed by atoms with Gasteiger partial charge in [0.15, 0.2) is 8.67 Å². The van der Waals surface area contributed by atoms with Gasteiger partial charge in [0, 0.05) is 23.7 Å². The first-order chi connectivity index (χ1) is 17.2. The van der Waals surface area contributed by atoms with Crippen LogP contribution in [0.15, 0.2) is 37.2 Å². The molecule has 0 unspecified atom stereocenters. The number of carbonyl (C=O) groups is 1. The Kier molecular flexibility index (Phi) is 5.56. The average Bonchev–Trinajstić information content (AvgIpc) is 3.28. The molecule has 1 heterocycles. The highest BCUT2D eigenvalue weighted by Gasteiger charge is 2.91. The molecule has 4 nitrogen and oxygen atoms in total. The van der Waals surface area contributed by atoms with Crippen LogP contribution < -0.4 is 0 Å². The van der Waals surface area contributed by atoms with Crippen molar-refractivity contribution >= 4 is 155 Å². The predicted molar refractivity (Wildman–Crippen MR) is 152 cm³/mol. The molecule has 7 rings (SSSR count). The second kappa shape index (κ2) is 7.45. The SMILES string of the molecule is O=C1OS(=O)(=O)c2cc3c(cc21)[C@@H]1[C@H]([C@@H]2[C@H]3[C@@]3(Cl)C(Cl)=C(Cl)[C@@]2(Cl)C3(Cl)Cl)[C@@]2(Cl)C(Cl)=C(Cl)[C@@]1(Cl)C2(Cl)Cl. The van der Waals surface area contributed by atoms with Gasteiger partial charge >= 0.3 is 16.1 Å². The third-order valence-electron chi connectivity index (χ3n) is 8.90. The average molecular weight is 780 g/mol. The van der Waals surface area contributed by atoms with E-state index in [0.29, 0.717) is 5.56 Å². The fourth-order valence-corrected chi connectivity index (χ4v) is 14.6. The Balaban J connectivity index is 1.67. The van der Waals surface area contributed by atoms with Gasteiger partial charge in [-0.2, -0.15) is 8.42 Å². The lowest BCUT2D eigenvalue weighted by molar-refractivity contribution is 0.0762. The van der Waals surface area contributed by atoms with Crippen LogP contribution in [0.4, 0.5) is 0 Å². The van der Waals surface area contributed by atoms with E-state index in [9.17, 15) is 13.2 Å². The standard InChI is InChI=1S/C21H6Cl12O4S/c22-11-13(24)18(28)9-7(16(11,26)20(18,30)31)3-1-5-6(38(35,36)37-15(5)34)2-4(3)8-10(9)19(29)14(25)12(23)17(8,27)21(19,32)33/h1-2,7-10H/t7-,8+,9-,10+,16-,17-,18-,19-/m1/s1. The molecule has 0 amide bonds. The molecular formula is C21H6Cl12O4S. The van der Waals surface area contributed by atoms with Gasteiger partial charge in [-0.3, -0.25) is 0 Å². The van der Waals surface area contributed by atoms with Gasteiger partial charge in [0.2, 0.25) is 0 Å². The second-order valence-electron chi connectivity index (χ2n) is 10.1. The minimum absolute atomic E-state index is 0.125. The molecule has 2 saturated carbocycles. The van der Waals surface area contributed by atoms with Gasteiger partial charge < -0.3 is 4.18 Å². The summed E-state index contributed by atoms with van der Waals surface area (Å²) in [5, 5.41) is -0.529. The Morgan fingerprint density at radius 2 is 1.00 bits per heavy atom. The highest BCUT2D eigenvalue weighted by Crippen LogP contribution is 2.88. The van der Waals surface area contributed by atoms with Crippen LogP contribution in [0, 0.1) is 11.8 Å². The Morgan fingerprint density at radius 3 is 1.42 bits per heavy atom. The van der Waals surface area contributed by atoms with Crippen molar-refractivity contribution in [1.82, 2.24) is 0 Å². The first kappa shape index (κ1) is 28.4. The van der Waals surface area contributed by atoms with Crippen LogP contribution in [0.1, 0.15) is 33.3 Å². The van der Waals surface area contributed by atoms with Crippen LogP contribution in [0.3, 0.4) is 0 Å². The molecule has 4 bridgehead atoms.